The molecule has 0 saturated carbocycles. The topological polar surface area (TPSA) is 35.8 Å². The van der Waals surface area contributed by atoms with E-state index in [0.29, 0.717) is 12.0 Å². The van der Waals surface area contributed by atoms with Crippen molar-refractivity contribution < 1.29 is 0 Å². The van der Waals surface area contributed by atoms with Crippen molar-refractivity contribution in [1.29, 1.82) is 0 Å². The molecule has 7 heteroatoms. The van der Waals surface area contributed by atoms with E-state index in [1.165, 1.54) is 31.6 Å². The SMILES string of the molecule is CN=C(NCC1CCCN(C(C)C)C1)N(C)Cc1cc(Br)cn1C.I. The molecule has 25 heavy (non-hydrogen) atoms. The van der Waals surface area contributed by atoms with Crippen LogP contribution in [0.3, 0.4) is 0 Å². The van der Waals surface area contributed by atoms with E-state index in [1.807, 2.05) is 7.05 Å². The smallest absolute Gasteiger partial charge is 0.193 e. The molecular formula is C18H33BrIN5. The Morgan fingerprint density at radius 3 is 2.76 bits per heavy atom. The summed E-state index contributed by atoms with van der Waals surface area (Å²) in [6.07, 6.45) is 4.69. The van der Waals surface area contributed by atoms with Gasteiger partial charge in [0.15, 0.2) is 5.96 Å². The summed E-state index contributed by atoms with van der Waals surface area (Å²) in [5, 5.41) is 3.57. The second kappa shape index (κ2) is 10.8. The predicted octanol–water partition coefficient (Wildman–Crippen LogP) is 3.53. The first-order chi connectivity index (χ1) is 11.4. The minimum atomic E-state index is 0. The van der Waals surface area contributed by atoms with Gasteiger partial charge in [0.25, 0.3) is 0 Å². The van der Waals surface area contributed by atoms with Crippen molar-refractivity contribution in [1.82, 2.24) is 19.7 Å². The van der Waals surface area contributed by atoms with E-state index in [1.54, 1.807) is 0 Å². The van der Waals surface area contributed by atoms with Crippen LogP contribution in [0.15, 0.2) is 21.7 Å². The molecule has 1 N–H and O–H groups in total. The van der Waals surface area contributed by atoms with E-state index in [2.05, 4.69) is 80.8 Å². The van der Waals surface area contributed by atoms with Gasteiger partial charge in [-0.15, -0.1) is 24.0 Å². The fourth-order valence-corrected chi connectivity index (χ4v) is 3.97. The van der Waals surface area contributed by atoms with Crippen molar-refractivity contribution in [2.45, 2.75) is 39.3 Å². The zero-order valence-electron chi connectivity index (χ0n) is 16.1. The van der Waals surface area contributed by atoms with Gasteiger partial charge in [0.1, 0.15) is 0 Å². The third kappa shape index (κ3) is 6.75. The molecule has 0 aromatic carbocycles. The monoisotopic (exact) mass is 525 g/mol. The Bertz CT molecular complexity index is 558. The van der Waals surface area contributed by atoms with E-state index >= 15 is 0 Å². The fraction of sp³-hybridized carbons (Fsp3) is 0.722. The lowest BCUT2D eigenvalue weighted by Crippen LogP contribution is -2.46. The summed E-state index contributed by atoms with van der Waals surface area (Å²) < 4.78 is 3.27. The Morgan fingerprint density at radius 2 is 2.20 bits per heavy atom. The minimum absolute atomic E-state index is 0. The summed E-state index contributed by atoms with van der Waals surface area (Å²) in [7, 11) is 6.03. The molecule has 1 aliphatic rings. The third-order valence-corrected chi connectivity index (χ3v) is 5.31. The van der Waals surface area contributed by atoms with Gasteiger partial charge in [-0.25, -0.2) is 0 Å². The number of likely N-dealkylation sites (tertiary alicyclic amines) is 1. The highest BCUT2D eigenvalue weighted by molar-refractivity contribution is 14.0. The standard InChI is InChI=1S/C18H32BrN5.HI/c1-14(2)24-8-6-7-15(11-24)10-21-18(20-3)23(5)13-17-9-16(19)12-22(17)4;/h9,12,14-15H,6-8,10-11,13H2,1-5H3,(H,20,21);1H. The summed E-state index contributed by atoms with van der Waals surface area (Å²) in [5.41, 5.74) is 1.26. The Labute approximate surface area is 178 Å². The van der Waals surface area contributed by atoms with Crippen LogP contribution in [0, 0.1) is 5.92 Å². The van der Waals surface area contributed by atoms with Crippen LogP contribution in [0.1, 0.15) is 32.4 Å². The summed E-state index contributed by atoms with van der Waals surface area (Å²) in [5.74, 6) is 1.67. The van der Waals surface area contributed by atoms with Crippen molar-refractivity contribution in [3.05, 3.63) is 22.4 Å². The number of aryl methyl sites for hydroxylation is 1. The summed E-state index contributed by atoms with van der Waals surface area (Å²) in [6, 6.07) is 2.80. The van der Waals surface area contributed by atoms with Crippen LogP contribution in [0.2, 0.25) is 0 Å². The normalized spacial score (nSPS) is 19.0. The van der Waals surface area contributed by atoms with Crippen LogP contribution < -0.4 is 5.32 Å². The number of halogens is 2. The average molecular weight is 526 g/mol. The van der Waals surface area contributed by atoms with Gasteiger partial charge in [0.2, 0.25) is 0 Å². The highest BCUT2D eigenvalue weighted by Crippen LogP contribution is 2.18. The third-order valence-electron chi connectivity index (χ3n) is 4.88. The zero-order valence-corrected chi connectivity index (χ0v) is 20.0. The lowest BCUT2D eigenvalue weighted by Gasteiger charge is -2.36. The first-order valence-corrected chi connectivity index (χ1v) is 9.66. The number of guanidine groups is 1. The van der Waals surface area contributed by atoms with Crippen LogP contribution in [-0.4, -0.2) is 60.1 Å². The lowest BCUT2D eigenvalue weighted by molar-refractivity contribution is 0.140. The van der Waals surface area contributed by atoms with Crippen molar-refractivity contribution in [3.8, 4) is 0 Å². The first kappa shape index (κ1) is 22.8. The Balaban J connectivity index is 0.00000312. The van der Waals surface area contributed by atoms with Gasteiger partial charge >= 0.3 is 0 Å². The molecule has 0 bridgehead atoms. The van der Waals surface area contributed by atoms with Crippen LogP contribution >= 0.6 is 39.9 Å². The van der Waals surface area contributed by atoms with Gasteiger partial charge in [0, 0.05) is 56.6 Å². The zero-order chi connectivity index (χ0) is 17.7. The molecule has 2 rings (SSSR count). The van der Waals surface area contributed by atoms with Crippen LogP contribution in [0.5, 0.6) is 0 Å². The molecule has 1 aromatic rings. The van der Waals surface area contributed by atoms with Gasteiger partial charge in [-0.2, -0.15) is 0 Å². The molecule has 5 nitrogen and oxygen atoms in total. The van der Waals surface area contributed by atoms with Gasteiger partial charge < -0.3 is 19.7 Å². The number of hydrogen-bond acceptors (Lipinski definition) is 2. The van der Waals surface area contributed by atoms with Crippen molar-refractivity contribution in [2.24, 2.45) is 18.0 Å². The molecule has 1 unspecified atom stereocenters. The molecule has 1 saturated heterocycles. The Hall–Kier alpha value is -0.280. The molecule has 0 radical (unpaired) electrons. The number of nitrogens with one attached hydrogen (secondary N) is 1. The van der Waals surface area contributed by atoms with E-state index in [4.69, 9.17) is 0 Å². The van der Waals surface area contributed by atoms with Gasteiger partial charge in [0.05, 0.1) is 6.54 Å². The maximum Gasteiger partial charge on any atom is 0.193 e. The van der Waals surface area contributed by atoms with Crippen LogP contribution in [-0.2, 0) is 13.6 Å². The van der Waals surface area contributed by atoms with E-state index in [0.717, 1.165) is 23.5 Å². The highest BCUT2D eigenvalue weighted by atomic mass is 127. The Morgan fingerprint density at radius 1 is 1.48 bits per heavy atom. The number of aromatic nitrogens is 1. The summed E-state index contributed by atoms with van der Waals surface area (Å²) in [6.45, 7) is 8.85. The fourth-order valence-electron chi connectivity index (χ4n) is 3.39. The molecule has 1 atom stereocenters. The number of aliphatic imine (C=N–C) groups is 1. The number of hydrogen-bond donors (Lipinski definition) is 1. The van der Waals surface area contributed by atoms with E-state index in [9.17, 15) is 0 Å². The molecule has 1 fully saturated rings. The molecule has 0 aliphatic carbocycles. The van der Waals surface area contributed by atoms with Gasteiger partial charge in [-0.1, -0.05) is 0 Å². The van der Waals surface area contributed by atoms with Crippen molar-refractivity contribution in [2.75, 3.05) is 33.7 Å². The molecule has 2 heterocycles. The van der Waals surface area contributed by atoms with Gasteiger partial charge in [-0.05, 0) is 61.1 Å². The molecule has 0 amide bonds. The van der Waals surface area contributed by atoms with Crippen LogP contribution in [0.4, 0.5) is 0 Å². The molecular weight excluding hydrogens is 493 g/mol. The molecule has 0 spiro atoms. The molecule has 1 aromatic heterocycles. The number of rotatable bonds is 5. The quantitative estimate of drug-likeness (QED) is 0.363. The second-order valence-corrected chi connectivity index (χ2v) is 8.06. The first-order valence-electron chi connectivity index (χ1n) is 8.87. The largest absolute Gasteiger partial charge is 0.356 e. The average Bonchev–Trinajstić information content (AvgIpc) is 2.85. The van der Waals surface area contributed by atoms with E-state index in [-0.39, 0.29) is 24.0 Å². The second-order valence-electron chi connectivity index (χ2n) is 7.14. The Kier molecular flexibility index (Phi) is 9.80. The predicted molar refractivity (Wildman–Crippen MR) is 121 cm³/mol. The minimum Gasteiger partial charge on any atom is -0.356 e. The van der Waals surface area contributed by atoms with Gasteiger partial charge in [-0.3, -0.25) is 4.99 Å². The lowest BCUT2D eigenvalue weighted by atomic mass is 9.97. The number of nitrogens with zero attached hydrogens (tertiary/aromatic N) is 4. The summed E-state index contributed by atoms with van der Waals surface area (Å²) in [4.78, 5) is 9.23. The summed E-state index contributed by atoms with van der Waals surface area (Å²) >= 11 is 3.54. The van der Waals surface area contributed by atoms with Crippen molar-refractivity contribution in [3.63, 3.8) is 0 Å². The highest BCUT2D eigenvalue weighted by Gasteiger charge is 2.22. The molecule has 1 aliphatic heterocycles. The maximum atomic E-state index is 4.46. The molecule has 144 valence electrons. The van der Waals surface area contributed by atoms with Crippen molar-refractivity contribution >= 4 is 45.9 Å². The van der Waals surface area contributed by atoms with Crippen LogP contribution in [0.25, 0.3) is 0 Å². The number of piperidine rings is 1. The van der Waals surface area contributed by atoms with E-state index < -0.39 is 0 Å². The maximum absolute atomic E-state index is 4.46.